The molecule has 17 heavy (non-hydrogen) atoms. The first-order valence-electron chi connectivity index (χ1n) is 5.50. The first-order valence-corrected chi connectivity index (χ1v) is 6.49. The lowest BCUT2D eigenvalue weighted by molar-refractivity contribution is -0.137. The van der Waals surface area contributed by atoms with Crippen LogP contribution in [0.3, 0.4) is 0 Å². The molecule has 0 N–H and O–H groups in total. The maximum atomic E-state index is 10.9. The van der Waals surface area contributed by atoms with Gasteiger partial charge in [-0.25, -0.2) is 4.79 Å². The number of carbonyl (C=O) groups is 1. The number of esters is 1. The Bertz CT molecular complexity index is 382. The largest absolute Gasteiger partial charge is 0.463 e. The normalized spacial score (nSPS) is 11.1. The van der Waals surface area contributed by atoms with Crippen molar-refractivity contribution in [3.8, 4) is 0 Å². The zero-order chi connectivity index (χ0) is 12.3. The van der Waals surface area contributed by atoms with Crippen LogP contribution >= 0.6 is 11.8 Å². The molecule has 1 rings (SSSR count). The van der Waals surface area contributed by atoms with Crippen molar-refractivity contribution in [1.82, 2.24) is 0 Å². The van der Waals surface area contributed by atoms with Gasteiger partial charge in [-0.1, -0.05) is 36.4 Å². The molecule has 0 saturated carbocycles. The molecule has 1 aromatic carbocycles. The van der Waals surface area contributed by atoms with Crippen molar-refractivity contribution < 1.29 is 9.53 Å². The molecule has 1 aromatic rings. The van der Waals surface area contributed by atoms with E-state index in [9.17, 15) is 4.79 Å². The SMILES string of the molecule is CCOC(=O)/C=C/C=C/CSc1ccccc1. The standard InChI is InChI=1S/C14H16O2S/c1-2-16-14(15)11-7-4-8-12-17-13-9-5-3-6-10-13/h3-11H,2,12H2,1H3/b8-4+,11-7+. The molecule has 3 heteroatoms. The van der Waals surface area contributed by atoms with Crippen LogP contribution in [0.5, 0.6) is 0 Å². The number of thioether (sulfide) groups is 1. The molecule has 2 nitrogen and oxygen atoms in total. The van der Waals surface area contributed by atoms with Gasteiger partial charge in [0, 0.05) is 16.7 Å². The summed E-state index contributed by atoms with van der Waals surface area (Å²) in [6.45, 7) is 2.20. The van der Waals surface area contributed by atoms with Crippen LogP contribution in [0, 0.1) is 0 Å². The molecular weight excluding hydrogens is 232 g/mol. The van der Waals surface area contributed by atoms with Crippen LogP contribution < -0.4 is 0 Å². The molecular formula is C14H16O2S. The number of rotatable bonds is 6. The molecule has 0 atom stereocenters. The molecule has 0 aromatic heterocycles. The molecule has 90 valence electrons. The first-order chi connectivity index (χ1) is 8.33. The van der Waals surface area contributed by atoms with Crippen LogP contribution in [0.25, 0.3) is 0 Å². The topological polar surface area (TPSA) is 26.3 Å². The van der Waals surface area contributed by atoms with Gasteiger partial charge in [-0.05, 0) is 19.1 Å². The summed E-state index contributed by atoms with van der Waals surface area (Å²) in [5, 5.41) is 0. The van der Waals surface area contributed by atoms with Gasteiger partial charge < -0.3 is 4.74 Å². The minimum Gasteiger partial charge on any atom is -0.463 e. The molecule has 0 spiro atoms. The monoisotopic (exact) mass is 248 g/mol. The number of hydrogen-bond donors (Lipinski definition) is 0. The molecule has 0 amide bonds. The zero-order valence-corrected chi connectivity index (χ0v) is 10.7. The van der Waals surface area contributed by atoms with Crippen molar-refractivity contribution in [1.29, 1.82) is 0 Å². The van der Waals surface area contributed by atoms with Crippen molar-refractivity contribution in [2.24, 2.45) is 0 Å². The number of benzene rings is 1. The highest BCUT2D eigenvalue weighted by atomic mass is 32.2. The van der Waals surface area contributed by atoms with Gasteiger partial charge >= 0.3 is 5.97 Å². The second-order valence-electron chi connectivity index (χ2n) is 3.16. The fourth-order valence-electron chi connectivity index (χ4n) is 1.12. The van der Waals surface area contributed by atoms with Crippen LogP contribution in [0.1, 0.15) is 6.92 Å². The summed E-state index contributed by atoms with van der Waals surface area (Å²) in [5.41, 5.74) is 0. The van der Waals surface area contributed by atoms with E-state index in [0.29, 0.717) is 6.61 Å². The van der Waals surface area contributed by atoms with Crippen molar-refractivity contribution in [3.63, 3.8) is 0 Å². The third kappa shape index (κ3) is 6.64. The van der Waals surface area contributed by atoms with Crippen LogP contribution in [0.2, 0.25) is 0 Å². The van der Waals surface area contributed by atoms with Crippen molar-refractivity contribution >= 4 is 17.7 Å². The molecule has 0 unspecified atom stereocenters. The van der Waals surface area contributed by atoms with Gasteiger partial charge in [0.05, 0.1) is 6.61 Å². The molecule has 0 aliphatic rings. The predicted molar refractivity (Wildman–Crippen MR) is 72.1 cm³/mol. The summed E-state index contributed by atoms with van der Waals surface area (Å²) in [5.74, 6) is 0.588. The summed E-state index contributed by atoms with van der Waals surface area (Å²) in [6.07, 6.45) is 6.98. The number of hydrogen-bond acceptors (Lipinski definition) is 3. The lowest BCUT2D eigenvalue weighted by Crippen LogP contribution is -1.98. The first kappa shape index (κ1) is 13.6. The average molecular weight is 248 g/mol. The van der Waals surface area contributed by atoms with E-state index in [0.717, 1.165) is 5.75 Å². The quantitative estimate of drug-likeness (QED) is 0.334. The zero-order valence-electron chi connectivity index (χ0n) is 9.84. The summed E-state index contributed by atoms with van der Waals surface area (Å²) in [4.78, 5) is 12.2. The Kier molecular flexibility index (Phi) is 6.91. The van der Waals surface area contributed by atoms with Gasteiger partial charge in [-0.2, -0.15) is 0 Å². The van der Waals surface area contributed by atoms with Gasteiger partial charge in [0.25, 0.3) is 0 Å². The lowest BCUT2D eigenvalue weighted by atomic mass is 10.4. The van der Waals surface area contributed by atoms with Gasteiger partial charge in [0.15, 0.2) is 0 Å². The molecule has 0 radical (unpaired) electrons. The fraction of sp³-hybridized carbons (Fsp3) is 0.214. The minimum absolute atomic E-state index is 0.298. The maximum Gasteiger partial charge on any atom is 0.330 e. The number of carbonyl (C=O) groups excluding carboxylic acids is 1. The molecule has 0 fully saturated rings. The van der Waals surface area contributed by atoms with Crippen molar-refractivity contribution in [3.05, 3.63) is 54.6 Å². The van der Waals surface area contributed by atoms with Crippen molar-refractivity contribution in [2.75, 3.05) is 12.4 Å². The fourth-order valence-corrected chi connectivity index (χ4v) is 1.87. The van der Waals surface area contributed by atoms with Gasteiger partial charge in [0.1, 0.15) is 0 Å². The Hall–Kier alpha value is -1.48. The molecule has 0 aliphatic heterocycles. The Morgan fingerprint density at radius 2 is 2.06 bits per heavy atom. The summed E-state index contributed by atoms with van der Waals surface area (Å²) < 4.78 is 4.75. The van der Waals surface area contributed by atoms with E-state index in [1.165, 1.54) is 11.0 Å². The third-order valence-electron chi connectivity index (χ3n) is 1.86. The summed E-state index contributed by atoms with van der Waals surface area (Å²) >= 11 is 1.75. The lowest BCUT2D eigenvalue weighted by Gasteiger charge is -1.95. The van der Waals surface area contributed by atoms with E-state index >= 15 is 0 Å². The Labute approximate surface area is 106 Å². The van der Waals surface area contributed by atoms with E-state index < -0.39 is 0 Å². The highest BCUT2D eigenvalue weighted by molar-refractivity contribution is 7.99. The third-order valence-corrected chi connectivity index (χ3v) is 2.82. The Morgan fingerprint density at radius 1 is 1.29 bits per heavy atom. The second-order valence-corrected chi connectivity index (χ2v) is 4.26. The smallest absolute Gasteiger partial charge is 0.330 e. The molecule has 0 heterocycles. The van der Waals surface area contributed by atoms with E-state index in [2.05, 4.69) is 12.1 Å². The predicted octanol–water partition coefficient (Wildman–Crippen LogP) is 3.45. The summed E-state index contributed by atoms with van der Waals surface area (Å²) in [7, 11) is 0. The molecule has 0 aliphatic carbocycles. The highest BCUT2D eigenvalue weighted by Gasteiger charge is 1.90. The van der Waals surface area contributed by atoms with Gasteiger partial charge in [0.2, 0.25) is 0 Å². The second kappa shape index (κ2) is 8.65. The maximum absolute atomic E-state index is 10.9. The van der Waals surface area contributed by atoms with Crippen LogP contribution in [-0.2, 0) is 9.53 Å². The van der Waals surface area contributed by atoms with E-state index in [4.69, 9.17) is 4.74 Å². The average Bonchev–Trinajstić information content (AvgIpc) is 2.35. The Morgan fingerprint density at radius 3 is 2.76 bits per heavy atom. The minimum atomic E-state index is -0.298. The van der Waals surface area contributed by atoms with Crippen LogP contribution in [0.4, 0.5) is 0 Å². The number of ether oxygens (including phenoxy) is 1. The van der Waals surface area contributed by atoms with Gasteiger partial charge in [-0.15, -0.1) is 11.8 Å². The number of allylic oxidation sites excluding steroid dienone is 2. The van der Waals surface area contributed by atoms with Crippen LogP contribution in [0.15, 0.2) is 59.5 Å². The van der Waals surface area contributed by atoms with Crippen molar-refractivity contribution in [2.45, 2.75) is 11.8 Å². The van der Waals surface area contributed by atoms with E-state index in [1.807, 2.05) is 30.4 Å². The molecule has 0 saturated heterocycles. The highest BCUT2D eigenvalue weighted by Crippen LogP contribution is 2.16. The Balaban J connectivity index is 2.21. The summed E-state index contributed by atoms with van der Waals surface area (Å²) in [6, 6.07) is 10.2. The van der Waals surface area contributed by atoms with E-state index in [-0.39, 0.29) is 5.97 Å². The van der Waals surface area contributed by atoms with Gasteiger partial charge in [-0.3, -0.25) is 0 Å². The van der Waals surface area contributed by atoms with E-state index in [1.54, 1.807) is 24.8 Å². The van der Waals surface area contributed by atoms with Crippen LogP contribution in [-0.4, -0.2) is 18.3 Å². The molecule has 0 bridgehead atoms.